The molecule has 5 rings (SSSR count). The first-order valence-electron chi connectivity index (χ1n) is 13.8. The second-order valence-corrected chi connectivity index (χ2v) is 9.63. The van der Waals surface area contributed by atoms with Gasteiger partial charge in [-0.05, 0) is 44.6 Å². The number of rotatable bonds is 10. The fourth-order valence-corrected chi connectivity index (χ4v) is 4.63. The molecule has 0 spiro atoms. The molecule has 0 bridgehead atoms. The molecule has 1 fully saturated rings. The number of carbonyl (C=O) groups excluding carboxylic acids is 2. The zero-order valence-electron chi connectivity index (χ0n) is 23.7. The van der Waals surface area contributed by atoms with Gasteiger partial charge in [0.25, 0.3) is 5.91 Å². The van der Waals surface area contributed by atoms with Gasteiger partial charge in [0.1, 0.15) is 5.82 Å². The fraction of sp³-hybridized carbons (Fsp3) is 0.367. The molecule has 1 aromatic carbocycles. The molecule has 4 aromatic rings. The molecule has 0 saturated carbocycles. The molecular formula is C30H38N8O2. The summed E-state index contributed by atoms with van der Waals surface area (Å²) in [5, 5.41) is 9.88. The van der Waals surface area contributed by atoms with Crippen molar-refractivity contribution in [3.05, 3.63) is 66.5 Å². The number of fused-ring (bicyclic) bond motifs is 1. The molecule has 3 aromatic heterocycles. The number of pyridine rings is 1. The standard InChI is InChI=1S/C28H33N7O.C2H5NO/c1-4-33(5-2)20(3)18-29-28(36)22-16-25(31-26(17-22)34-13-9-14-34)23-19-30-35-15-12-24(32-27(23)35)21-10-7-6-8-11-21;1-3-2-4/h6-8,10-12,15-17,19-20H,4-5,9,13-14,18H2,1-3H3,(H,29,36);2H,1H3,(H,3,4). The van der Waals surface area contributed by atoms with Crippen LogP contribution in [0.4, 0.5) is 5.82 Å². The third kappa shape index (κ3) is 6.63. The van der Waals surface area contributed by atoms with Crippen molar-refractivity contribution in [3.8, 4) is 22.5 Å². The third-order valence-electron chi connectivity index (χ3n) is 7.08. The average molecular weight is 543 g/mol. The number of likely N-dealkylation sites (N-methyl/N-ethyl adjacent to an activating group) is 1. The Morgan fingerprint density at radius 1 is 1.07 bits per heavy atom. The normalized spacial score (nSPS) is 13.3. The molecule has 4 heterocycles. The zero-order valence-corrected chi connectivity index (χ0v) is 23.7. The molecule has 2 N–H and O–H groups in total. The Balaban J connectivity index is 0.000000867. The van der Waals surface area contributed by atoms with Gasteiger partial charge in [0.05, 0.1) is 23.1 Å². The van der Waals surface area contributed by atoms with E-state index in [2.05, 4.69) is 46.3 Å². The van der Waals surface area contributed by atoms with E-state index in [1.165, 1.54) is 0 Å². The van der Waals surface area contributed by atoms with Crippen molar-refractivity contribution in [1.82, 2.24) is 35.1 Å². The van der Waals surface area contributed by atoms with Crippen LogP contribution in [0.5, 0.6) is 0 Å². The van der Waals surface area contributed by atoms with Crippen molar-refractivity contribution in [2.45, 2.75) is 33.2 Å². The van der Waals surface area contributed by atoms with Gasteiger partial charge in [-0.3, -0.25) is 14.5 Å². The van der Waals surface area contributed by atoms with Crippen molar-refractivity contribution in [3.63, 3.8) is 0 Å². The van der Waals surface area contributed by atoms with Crippen molar-refractivity contribution in [2.24, 2.45) is 0 Å². The molecule has 1 unspecified atom stereocenters. The van der Waals surface area contributed by atoms with Crippen LogP contribution in [-0.4, -0.2) is 82.6 Å². The Bertz CT molecular complexity index is 1410. The van der Waals surface area contributed by atoms with Crippen LogP contribution in [0.2, 0.25) is 0 Å². The summed E-state index contributed by atoms with van der Waals surface area (Å²) < 4.78 is 1.76. The quantitative estimate of drug-likeness (QED) is 0.295. The summed E-state index contributed by atoms with van der Waals surface area (Å²) >= 11 is 0. The SMILES string of the molecule is CCN(CC)C(C)CNC(=O)c1cc(-c2cnn3ccc(-c4ccccc4)nc23)nc(N2CCC2)c1.CNC=O. The summed E-state index contributed by atoms with van der Waals surface area (Å²) in [6, 6.07) is 16.1. The molecular weight excluding hydrogens is 504 g/mol. The van der Waals surface area contributed by atoms with E-state index in [9.17, 15) is 4.79 Å². The number of nitrogens with one attached hydrogen (secondary N) is 2. The Morgan fingerprint density at radius 2 is 1.80 bits per heavy atom. The molecule has 1 saturated heterocycles. The van der Waals surface area contributed by atoms with E-state index in [4.69, 9.17) is 14.8 Å². The molecule has 1 atom stereocenters. The van der Waals surface area contributed by atoms with Crippen molar-refractivity contribution < 1.29 is 9.59 Å². The average Bonchev–Trinajstić information content (AvgIpc) is 3.39. The number of amides is 2. The van der Waals surface area contributed by atoms with Crippen LogP contribution < -0.4 is 15.5 Å². The van der Waals surface area contributed by atoms with Crippen LogP contribution >= 0.6 is 0 Å². The Morgan fingerprint density at radius 3 is 2.42 bits per heavy atom. The molecule has 2 amide bonds. The minimum atomic E-state index is -0.0890. The van der Waals surface area contributed by atoms with E-state index in [0.29, 0.717) is 29.9 Å². The number of nitrogens with zero attached hydrogens (tertiary/aromatic N) is 6. The summed E-state index contributed by atoms with van der Waals surface area (Å²) in [6.45, 7) is 10.8. The Hall–Kier alpha value is -4.31. The Labute approximate surface area is 235 Å². The minimum absolute atomic E-state index is 0.0890. The monoisotopic (exact) mass is 542 g/mol. The lowest BCUT2D eigenvalue weighted by atomic mass is 10.1. The molecule has 0 aliphatic carbocycles. The van der Waals surface area contributed by atoms with Crippen molar-refractivity contribution >= 4 is 23.8 Å². The summed E-state index contributed by atoms with van der Waals surface area (Å²) in [7, 11) is 1.56. The predicted molar refractivity (Wildman–Crippen MR) is 158 cm³/mol. The van der Waals surface area contributed by atoms with E-state index in [-0.39, 0.29) is 11.9 Å². The smallest absolute Gasteiger partial charge is 0.251 e. The van der Waals surface area contributed by atoms with Gasteiger partial charge in [0, 0.05) is 50.0 Å². The van der Waals surface area contributed by atoms with Gasteiger partial charge in [0.15, 0.2) is 5.65 Å². The van der Waals surface area contributed by atoms with Crippen LogP contribution in [-0.2, 0) is 4.79 Å². The first-order chi connectivity index (χ1) is 19.5. The van der Waals surface area contributed by atoms with Gasteiger partial charge in [-0.15, -0.1) is 0 Å². The predicted octanol–water partition coefficient (Wildman–Crippen LogP) is 3.49. The second kappa shape index (κ2) is 13.7. The van der Waals surface area contributed by atoms with Crippen LogP contribution in [0.15, 0.2) is 60.9 Å². The molecule has 40 heavy (non-hydrogen) atoms. The Kier molecular flexibility index (Phi) is 9.80. The van der Waals surface area contributed by atoms with Gasteiger partial charge in [-0.2, -0.15) is 5.10 Å². The summed E-state index contributed by atoms with van der Waals surface area (Å²) in [5.74, 6) is 0.730. The first-order valence-corrected chi connectivity index (χ1v) is 13.8. The molecule has 210 valence electrons. The number of aromatic nitrogens is 4. The van der Waals surface area contributed by atoms with Gasteiger partial charge < -0.3 is 15.5 Å². The molecule has 0 radical (unpaired) electrons. The first kappa shape index (κ1) is 28.7. The van der Waals surface area contributed by atoms with Crippen LogP contribution in [0.1, 0.15) is 37.6 Å². The highest BCUT2D eigenvalue weighted by molar-refractivity contribution is 5.96. The number of carbonyl (C=O) groups is 2. The highest BCUT2D eigenvalue weighted by Gasteiger charge is 2.21. The molecule has 10 heteroatoms. The molecule has 1 aliphatic rings. The minimum Gasteiger partial charge on any atom is -0.362 e. The summed E-state index contributed by atoms with van der Waals surface area (Å²) in [5.41, 5.74) is 4.73. The van der Waals surface area contributed by atoms with Gasteiger partial charge >= 0.3 is 0 Å². The largest absolute Gasteiger partial charge is 0.362 e. The highest BCUT2D eigenvalue weighted by atomic mass is 16.1. The summed E-state index contributed by atoms with van der Waals surface area (Å²) in [4.78, 5) is 36.7. The molecule has 10 nitrogen and oxygen atoms in total. The van der Waals surface area contributed by atoms with E-state index in [1.807, 2.05) is 54.7 Å². The second-order valence-electron chi connectivity index (χ2n) is 9.63. The van der Waals surface area contributed by atoms with E-state index in [1.54, 1.807) is 17.8 Å². The lowest BCUT2D eigenvalue weighted by Crippen LogP contribution is -2.42. The van der Waals surface area contributed by atoms with Gasteiger partial charge in [0.2, 0.25) is 6.41 Å². The number of hydrogen-bond donors (Lipinski definition) is 2. The number of benzene rings is 1. The van der Waals surface area contributed by atoms with E-state index < -0.39 is 0 Å². The van der Waals surface area contributed by atoms with Crippen LogP contribution in [0, 0.1) is 0 Å². The van der Waals surface area contributed by atoms with Gasteiger partial charge in [-0.1, -0.05) is 44.2 Å². The topological polar surface area (TPSA) is 108 Å². The summed E-state index contributed by atoms with van der Waals surface area (Å²) in [6.07, 6.45) is 5.45. The van der Waals surface area contributed by atoms with E-state index in [0.717, 1.165) is 55.2 Å². The van der Waals surface area contributed by atoms with Crippen molar-refractivity contribution in [2.75, 3.05) is 44.7 Å². The lowest BCUT2D eigenvalue weighted by molar-refractivity contribution is -0.109. The number of hydrogen-bond acceptors (Lipinski definition) is 7. The van der Waals surface area contributed by atoms with Gasteiger partial charge in [-0.25, -0.2) is 14.5 Å². The van der Waals surface area contributed by atoms with E-state index >= 15 is 0 Å². The third-order valence-corrected chi connectivity index (χ3v) is 7.08. The highest BCUT2D eigenvalue weighted by Crippen LogP contribution is 2.29. The van der Waals surface area contributed by atoms with Crippen LogP contribution in [0.25, 0.3) is 28.2 Å². The lowest BCUT2D eigenvalue weighted by Gasteiger charge is -2.32. The zero-order chi connectivity index (χ0) is 28.5. The van der Waals surface area contributed by atoms with Crippen molar-refractivity contribution in [1.29, 1.82) is 0 Å². The maximum Gasteiger partial charge on any atom is 0.251 e. The fourth-order valence-electron chi connectivity index (χ4n) is 4.63. The maximum absolute atomic E-state index is 13.2. The maximum atomic E-state index is 13.2. The molecule has 1 aliphatic heterocycles. The van der Waals surface area contributed by atoms with Crippen LogP contribution in [0.3, 0.4) is 0 Å². The number of anilines is 1.